The summed E-state index contributed by atoms with van der Waals surface area (Å²) in [5, 5.41) is 3.01. The molecule has 1 unspecified atom stereocenters. The number of nitrogens with one attached hydrogen (secondary N) is 1. The molecule has 100 valence electrons. The third kappa shape index (κ3) is 5.36. The monoisotopic (exact) mass is 254 g/mol. The molecule has 0 saturated carbocycles. The van der Waals surface area contributed by atoms with E-state index < -0.39 is 12.8 Å². The van der Waals surface area contributed by atoms with Crippen LogP contribution in [0.25, 0.3) is 0 Å². The second kappa shape index (κ2) is 6.20. The largest absolute Gasteiger partial charge is 0.411 e. The van der Waals surface area contributed by atoms with Crippen molar-refractivity contribution in [1.82, 2.24) is 10.2 Å². The van der Waals surface area contributed by atoms with Crippen LogP contribution in [0.5, 0.6) is 0 Å². The summed E-state index contributed by atoms with van der Waals surface area (Å²) < 4.78 is 39.7. The Labute approximate surface area is 98.1 Å². The number of hydrogen-bond donors (Lipinski definition) is 1. The number of ether oxygens (including phenoxy) is 1. The van der Waals surface area contributed by atoms with E-state index in [0.717, 1.165) is 6.54 Å². The van der Waals surface area contributed by atoms with Gasteiger partial charge in [-0.2, -0.15) is 13.2 Å². The van der Waals surface area contributed by atoms with Crippen LogP contribution in [0.3, 0.4) is 0 Å². The highest BCUT2D eigenvalue weighted by molar-refractivity contribution is 5.82. The minimum absolute atomic E-state index is 0.00734. The van der Waals surface area contributed by atoms with Crippen LogP contribution in [0, 0.1) is 0 Å². The van der Waals surface area contributed by atoms with Crippen LogP contribution < -0.4 is 5.32 Å². The topological polar surface area (TPSA) is 41.6 Å². The molecule has 4 nitrogen and oxygen atoms in total. The fourth-order valence-electron chi connectivity index (χ4n) is 1.65. The molecule has 1 aliphatic heterocycles. The van der Waals surface area contributed by atoms with Crippen molar-refractivity contribution in [3.63, 3.8) is 0 Å². The highest BCUT2D eigenvalue weighted by Gasteiger charge is 2.27. The van der Waals surface area contributed by atoms with Gasteiger partial charge in [-0.25, -0.2) is 0 Å². The molecule has 7 heteroatoms. The van der Waals surface area contributed by atoms with E-state index in [9.17, 15) is 18.0 Å². The molecule has 1 saturated heterocycles. The van der Waals surface area contributed by atoms with Crippen LogP contribution in [0.2, 0.25) is 0 Å². The Balaban J connectivity index is 2.12. The van der Waals surface area contributed by atoms with E-state index in [-0.39, 0.29) is 18.6 Å². The molecular formula is C10H17F3N2O2. The van der Waals surface area contributed by atoms with Gasteiger partial charge in [0.15, 0.2) is 0 Å². The van der Waals surface area contributed by atoms with E-state index in [1.54, 1.807) is 11.8 Å². The molecular weight excluding hydrogens is 237 g/mol. The Hall–Kier alpha value is -0.820. The Kier molecular flexibility index (Phi) is 5.20. The van der Waals surface area contributed by atoms with Crippen LogP contribution in [0.4, 0.5) is 13.2 Å². The number of rotatable bonds is 5. The lowest BCUT2D eigenvalue weighted by Crippen LogP contribution is -2.53. The zero-order valence-electron chi connectivity index (χ0n) is 9.72. The summed E-state index contributed by atoms with van der Waals surface area (Å²) in [6, 6.07) is -0.208. The summed E-state index contributed by atoms with van der Waals surface area (Å²) in [7, 11) is 0. The van der Waals surface area contributed by atoms with E-state index in [0.29, 0.717) is 19.5 Å². The van der Waals surface area contributed by atoms with Gasteiger partial charge in [-0.1, -0.05) is 0 Å². The van der Waals surface area contributed by atoms with E-state index in [4.69, 9.17) is 0 Å². The lowest BCUT2D eigenvalue weighted by atomic mass is 10.2. The molecule has 0 aromatic heterocycles. The lowest BCUT2D eigenvalue weighted by Gasteiger charge is -2.31. The maximum absolute atomic E-state index is 11.8. The van der Waals surface area contributed by atoms with Gasteiger partial charge < -0.3 is 15.0 Å². The SMILES string of the molecule is CC1NCCN(CCCOCC(F)(F)F)C1=O. The maximum Gasteiger partial charge on any atom is 0.411 e. The van der Waals surface area contributed by atoms with Crippen molar-refractivity contribution >= 4 is 5.91 Å². The molecule has 17 heavy (non-hydrogen) atoms. The van der Waals surface area contributed by atoms with Gasteiger partial charge in [-0.3, -0.25) is 4.79 Å². The van der Waals surface area contributed by atoms with Crippen molar-refractivity contribution in [3.05, 3.63) is 0 Å². The standard InChI is InChI=1S/C10H17F3N2O2/c1-8-9(16)15(5-3-14-8)4-2-6-17-7-10(11,12)13/h8,14H,2-7H2,1H3. The van der Waals surface area contributed by atoms with E-state index >= 15 is 0 Å². The van der Waals surface area contributed by atoms with Gasteiger partial charge >= 0.3 is 6.18 Å². The van der Waals surface area contributed by atoms with Crippen molar-refractivity contribution in [3.8, 4) is 0 Å². The highest BCUT2D eigenvalue weighted by Crippen LogP contribution is 2.14. The van der Waals surface area contributed by atoms with Crippen LogP contribution in [0.1, 0.15) is 13.3 Å². The molecule has 0 bridgehead atoms. The van der Waals surface area contributed by atoms with Gasteiger partial charge in [-0.15, -0.1) is 0 Å². The van der Waals surface area contributed by atoms with Gasteiger partial charge in [-0.05, 0) is 13.3 Å². The minimum atomic E-state index is -4.28. The smallest absolute Gasteiger partial charge is 0.372 e. The van der Waals surface area contributed by atoms with Crippen molar-refractivity contribution in [2.24, 2.45) is 0 Å². The van der Waals surface area contributed by atoms with Crippen LogP contribution in [0.15, 0.2) is 0 Å². The fraction of sp³-hybridized carbons (Fsp3) is 0.900. The van der Waals surface area contributed by atoms with Gasteiger partial charge in [0, 0.05) is 26.2 Å². The van der Waals surface area contributed by atoms with Gasteiger partial charge in [0.25, 0.3) is 0 Å². The molecule has 0 aromatic carbocycles. The summed E-state index contributed by atoms with van der Waals surface area (Å²) >= 11 is 0. The third-order valence-corrected chi connectivity index (χ3v) is 2.50. The molecule has 1 heterocycles. The molecule has 0 radical (unpaired) electrons. The van der Waals surface area contributed by atoms with Crippen molar-refractivity contribution < 1.29 is 22.7 Å². The number of carbonyl (C=O) groups excluding carboxylic acids is 1. The summed E-state index contributed by atoms with van der Waals surface area (Å²) in [5.74, 6) is -0.00734. The molecule has 1 fully saturated rings. The number of amides is 1. The highest BCUT2D eigenvalue weighted by atomic mass is 19.4. The number of alkyl halides is 3. The molecule has 1 rings (SSSR count). The molecule has 1 amide bonds. The Morgan fingerprint density at radius 3 is 2.88 bits per heavy atom. The first-order valence-corrected chi connectivity index (χ1v) is 5.57. The van der Waals surface area contributed by atoms with Gasteiger partial charge in [0.2, 0.25) is 5.91 Å². The molecule has 0 spiro atoms. The normalized spacial score (nSPS) is 22.0. The third-order valence-electron chi connectivity index (χ3n) is 2.50. The minimum Gasteiger partial charge on any atom is -0.372 e. The number of hydrogen-bond acceptors (Lipinski definition) is 3. The zero-order valence-corrected chi connectivity index (χ0v) is 9.72. The summed E-state index contributed by atoms with van der Waals surface area (Å²) in [5.41, 5.74) is 0. The van der Waals surface area contributed by atoms with Crippen molar-refractivity contribution in [1.29, 1.82) is 0 Å². The molecule has 1 N–H and O–H groups in total. The van der Waals surface area contributed by atoms with Gasteiger partial charge in [0.05, 0.1) is 6.04 Å². The first-order chi connectivity index (χ1) is 7.90. The van der Waals surface area contributed by atoms with E-state index in [2.05, 4.69) is 10.1 Å². The maximum atomic E-state index is 11.8. The van der Waals surface area contributed by atoms with Crippen LogP contribution >= 0.6 is 0 Å². The lowest BCUT2D eigenvalue weighted by molar-refractivity contribution is -0.174. The number of halogens is 3. The average Bonchev–Trinajstić information content (AvgIpc) is 2.22. The summed E-state index contributed by atoms with van der Waals surface area (Å²) in [6.45, 7) is 2.33. The van der Waals surface area contributed by atoms with Crippen LogP contribution in [-0.2, 0) is 9.53 Å². The predicted molar refractivity (Wildman–Crippen MR) is 55.5 cm³/mol. The quantitative estimate of drug-likeness (QED) is 0.737. The second-order valence-corrected chi connectivity index (χ2v) is 4.02. The number of nitrogens with zero attached hydrogens (tertiary/aromatic N) is 1. The van der Waals surface area contributed by atoms with Gasteiger partial charge in [0.1, 0.15) is 6.61 Å². The Morgan fingerprint density at radius 2 is 2.24 bits per heavy atom. The second-order valence-electron chi connectivity index (χ2n) is 4.02. The van der Waals surface area contributed by atoms with Crippen molar-refractivity contribution in [2.75, 3.05) is 32.8 Å². The van der Waals surface area contributed by atoms with Crippen LogP contribution in [-0.4, -0.2) is 55.9 Å². The molecule has 0 aliphatic carbocycles. The summed E-state index contributed by atoms with van der Waals surface area (Å²) in [4.78, 5) is 13.2. The number of carbonyl (C=O) groups is 1. The average molecular weight is 254 g/mol. The summed E-state index contributed by atoms with van der Waals surface area (Å²) in [6.07, 6.45) is -3.85. The first-order valence-electron chi connectivity index (χ1n) is 5.57. The predicted octanol–water partition coefficient (Wildman–Crippen LogP) is 0.776. The molecule has 0 aromatic rings. The van der Waals surface area contributed by atoms with E-state index in [1.807, 2.05) is 0 Å². The Bertz CT molecular complexity index is 258. The number of piperazine rings is 1. The fourth-order valence-corrected chi connectivity index (χ4v) is 1.65. The van der Waals surface area contributed by atoms with Crippen molar-refractivity contribution in [2.45, 2.75) is 25.6 Å². The Morgan fingerprint density at radius 1 is 1.53 bits per heavy atom. The molecule has 1 aliphatic rings. The van der Waals surface area contributed by atoms with E-state index in [1.165, 1.54) is 0 Å². The first kappa shape index (κ1) is 14.2. The zero-order chi connectivity index (χ0) is 12.9. The molecule has 1 atom stereocenters.